The fourth-order valence-electron chi connectivity index (χ4n) is 1.41. The van der Waals surface area contributed by atoms with Gasteiger partial charge in [-0.15, -0.1) is 0 Å². The number of carbonyl (C=O) groups is 1. The number of anilines is 1. The molecule has 0 radical (unpaired) electrons. The third-order valence-electron chi connectivity index (χ3n) is 2.62. The summed E-state index contributed by atoms with van der Waals surface area (Å²) in [6.45, 7) is 0. The molecule has 1 aromatic rings. The summed E-state index contributed by atoms with van der Waals surface area (Å²) < 4.78 is 87.7. The summed E-state index contributed by atoms with van der Waals surface area (Å²) in [5.41, 5.74) is -3.35. The van der Waals surface area contributed by atoms with Crippen molar-refractivity contribution in [2.75, 3.05) is 5.32 Å². The molecule has 0 saturated carbocycles. The van der Waals surface area contributed by atoms with Crippen LogP contribution < -0.4 is 5.32 Å². The lowest BCUT2D eigenvalue weighted by Gasteiger charge is -2.26. The van der Waals surface area contributed by atoms with Crippen molar-refractivity contribution in [2.24, 2.45) is 0 Å². The molecule has 0 fully saturated rings. The van der Waals surface area contributed by atoms with Crippen molar-refractivity contribution in [1.29, 1.82) is 0 Å². The van der Waals surface area contributed by atoms with Gasteiger partial charge in [0.15, 0.2) is 0 Å². The van der Waals surface area contributed by atoms with Gasteiger partial charge in [0.2, 0.25) is 0 Å². The van der Waals surface area contributed by atoms with E-state index in [9.17, 15) is 55.8 Å². The molecule has 15 heteroatoms. The number of benzene rings is 1. The highest BCUT2D eigenvalue weighted by atomic mass is 19.4. The molecule has 8 nitrogen and oxygen atoms in total. The average molecular weight is 379 g/mol. The molecule has 0 bridgehead atoms. The molecule has 1 amide bonds. The molecule has 1 aromatic carbocycles. The Hall–Kier alpha value is -3.00. The van der Waals surface area contributed by atoms with E-state index < -0.39 is 50.8 Å². The van der Waals surface area contributed by atoms with Crippen LogP contribution in [-0.2, 0) is 4.79 Å². The van der Waals surface area contributed by atoms with Gasteiger partial charge in [-0.05, 0) is 0 Å². The Balaban J connectivity index is 3.27. The Morgan fingerprint density at radius 1 is 0.880 bits per heavy atom. The molecule has 0 aromatic heterocycles. The largest absolute Gasteiger partial charge is 0.460 e. The molecule has 0 atom stereocenters. The highest BCUT2D eigenvalue weighted by Gasteiger charge is 2.76. The number of nitro groups is 2. The summed E-state index contributed by atoms with van der Waals surface area (Å²) in [5.74, 6) is -16.2. The summed E-state index contributed by atoms with van der Waals surface area (Å²) in [6, 6.07) is 0.859. The first kappa shape index (κ1) is 20.0. The maximum atomic E-state index is 13.1. The maximum absolute atomic E-state index is 13.1. The van der Waals surface area contributed by atoms with Gasteiger partial charge in [0.1, 0.15) is 0 Å². The first-order valence-corrected chi connectivity index (χ1v) is 5.69. The van der Waals surface area contributed by atoms with Gasteiger partial charge in [0.05, 0.1) is 21.6 Å². The van der Waals surface area contributed by atoms with Crippen LogP contribution in [0, 0.1) is 20.2 Å². The normalized spacial score (nSPS) is 12.6. The van der Waals surface area contributed by atoms with Crippen LogP contribution in [0.1, 0.15) is 0 Å². The van der Waals surface area contributed by atoms with Crippen molar-refractivity contribution in [2.45, 2.75) is 18.0 Å². The molecule has 1 rings (SSSR count). The van der Waals surface area contributed by atoms with E-state index in [1.807, 2.05) is 0 Å². The van der Waals surface area contributed by atoms with Crippen molar-refractivity contribution in [3.8, 4) is 0 Å². The van der Waals surface area contributed by atoms with E-state index in [-0.39, 0.29) is 12.1 Å². The Bertz CT molecular complexity index is 702. The second-order valence-corrected chi connectivity index (χ2v) is 4.35. The molecule has 0 aliphatic heterocycles. The zero-order chi connectivity index (χ0) is 19.8. The van der Waals surface area contributed by atoms with Crippen LogP contribution in [0.2, 0.25) is 0 Å². The molecule has 0 spiro atoms. The van der Waals surface area contributed by atoms with Crippen LogP contribution in [0.5, 0.6) is 0 Å². The minimum absolute atomic E-state index is 0.257. The number of nitrogens with one attached hydrogen (secondary N) is 1. The number of nitro benzene ring substituents is 2. The number of carbonyl (C=O) groups excluding carboxylic acids is 1. The smallest absolute Gasteiger partial charge is 0.320 e. The lowest BCUT2D eigenvalue weighted by molar-refractivity contribution is -0.394. The van der Waals surface area contributed by atoms with Crippen LogP contribution in [0.3, 0.4) is 0 Å². The molecule has 0 heterocycles. The third kappa shape index (κ3) is 3.74. The molecular formula is C10H4F7N3O5. The minimum Gasteiger partial charge on any atom is -0.320 e. The van der Waals surface area contributed by atoms with E-state index in [2.05, 4.69) is 0 Å². The molecule has 0 aliphatic rings. The number of non-ortho nitro benzene ring substituents is 2. The highest BCUT2D eigenvalue weighted by molar-refractivity contribution is 5.97. The van der Waals surface area contributed by atoms with Gasteiger partial charge in [-0.3, -0.25) is 25.0 Å². The van der Waals surface area contributed by atoms with Crippen LogP contribution in [-0.4, -0.2) is 33.8 Å². The van der Waals surface area contributed by atoms with Gasteiger partial charge in [-0.25, -0.2) is 0 Å². The number of amides is 1. The molecule has 0 saturated heterocycles. The van der Waals surface area contributed by atoms with Gasteiger partial charge in [0.25, 0.3) is 11.4 Å². The van der Waals surface area contributed by atoms with Gasteiger partial charge >= 0.3 is 23.9 Å². The summed E-state index contributed by atoms with van der Waals surface area (Å²) in [6.07, 6.45) is -6.78. The number of alkyl halides is 7. The van der Waals surface area contributed by atoms with Crippen molar-refractivity contribution >= 4 is 23.0 Å². The van der Waals surface area contributed by atoms with E-state index in [1.54, 1.807) is 0 Å². The van der Waals surface area contributed by atoms with E-state index in [1.165, 1.54) is 0 Å². The Kier molecular flexibility index (Phi) is 4.92. The Labute approximate surface area is 131 Å². The molecular weight excluding hydrogens is 375 g/mol. The van der Waals surface area contributed by atoms with Gasteiger partial charge in [0, 0.05) is 12.1 Å². The SMILES string of the molecule is O=C(Nc1cc([N+](=O)[O-])cc([N+](=O)[O-])c1)C(F)(F)C(F)(F)C(F)(F)F. The van der Waals surface area contributed by atoms with E-state index in [0.717, 1.165) is 5.32 Å². The van der Waals surface area contributed by atoms with Gasteiger partial charge in [-0.2, -0.15) is 30.7 Å². The predicted octanol–water partition coefficient (Wildman–Crippen LogP) is 3.27. The molecule has 138 valence electrons. The lowest BCUT2D eigenvalue weighted by Crippen LogP contribution is -2.57. The number of hydrogen-bond acceptors (Lipinski definition) is 5. The topological polar surface area (TPSA) is 115 Å². The maximum Gasteiger partial charge on any atom is 0.460 e. The van der Waals surface area contributed by atoms with E-state index >= 15 is 0 Å². The van der Waals surface area contributed by atoms with E-state index in [4.69, 9.17) is 0 Å². The van der Waals surface area contributed by atoms with E-state index in [0.29, 0.717) is 6.07 Å². The zero-order valence-electron chi connectivity index (χ0n) is 11.3. The first-order chi connectivity index (χ1) is 11.1. The number of nitrogens with zero attached hydrogens (tertiary/aromatic N) is 2. The summed E-state index contributed by atoms with van der Waals surface area (Å²) in [4.78, 5) is 29.7. The predicted molar refractivity (Wildman–Crippen MR) is 64.3 cm³/mol. The van der Waals surface area contributed by atoms with Crippen LogP contribution >= 0.6 is 0 Å². The van der Waals surface area contributed by atoms with Crippen molar-refractivity contribution < 1.29 is 45.4 Å². The second-order valence-electron chi connectivity index (χ2n) is 4.35. The summed E-state index contributed by atoms with van der Waals surface area (Å²) >= 11 is 0. The Morgan fingerprint density at radius 2 is 1.28 bits per heavy atom. The summed E-state index contributed by atoms with van der Waals surface area (Å²) in [5, 5.41) is 22.0. The standard InChI is InChI=1S/C10H4F7N3O5/c11-8(12,9(13,14)10(15,16)17)7(21)18-4-1-5(19(22)23)3-6(2-4)20(24)25/h1-3H,(H,18,21). The number of hydrogen-bond donors (Lipinski definition) is 1. The Morgan fingerprint density at radius 3 is 1.60 bits per heavy atom. The third-order valence-corrected chi connectivity index (χ3v) is 2.62. The van der Waals surface area contributed by atoms with Crippen LogP contribution in [0.4, 0.5) is 47.8 Å². The monoisotopic (exact) mass is 379 g/mol. The van der Waals surface area contributed by atoms with Crippen molar-refractivity contribution in [1.82, 2.24) is 0 Å². The first-order valence-electron chi connectivity index (χ1n) is 5.69. The van der Waals surface area contributed by atoms with Crippen molar-refractivity contribution in [3.63, 3.8) is 0 Å². The lowest BCUT2D eigenvalue weighted by atomic mass is 10.1. The van der Waals surface area contributed by atoms with Gasteiger partial charge < -0.3 is 5.32 Å². The van der Waals surface area contributed by atoms with Crippen LogP contribution in [0.15, 0.2) is 18.2 Å². The second kappa shape index (κ2) is 6.14. The molecule has 25 heavy (non-hydrogen) atoms. The average Bonchev–Trinajstić information content (AvgIpc) is 2.45. The van der Waals surface area contributed by atoms with Gasteiger partial charge in [-0.1, -0.05) is 0 Å². The highest BCUT2D eigenvalue weighted by Crippen LogP contribution is 2.47. The fraction of sp³-hybridized carbons (Fsp3) is 0.300. The molecule has 1 N–H and O–H groups in total. The number of rotatable bonds is 5. The quantitative estimate of drug-likeness (QED) is 0.479. The number of halogens is 7. The fourth-order valence-corrected chi connectivity index (χ4v) is 1.41. The zero-order valence-corrected chi connectivity index (χ0v) is 11.3. The minimum atomic E-state index is -6.78. The van der Waals surface area contributed by atoms with Crippen molar-refractivity contribution in [3.05, 3.63) is 38.4 Å². The summed E-state index contributed by atoms with van der Waals surface area (Å²) in [7, 11) is 0. The molecule has 0 aliphatic carbocycles. The molecule has 0 unspecified atom stereocenters. The van der Waals surface area contributed by atoms with Crippen LogP contribution in [0.25, 0.3) is 0 Å².